The SMILES string of the molecule is CCC1CCN(C(CNC)COC)C1. The molecule has 1 aliphatic rings. The third-order valence-corrected chi connectivity index (χ3v) is 3.21. The van der Waals surface area contributed by atoms with E-state index < -0.39 is 0 Å². The molecule has 0 aliphatic carbocycles. The molecule has 0 amide bonds. The summed E-state index contributed by atoms with van der Waals surface area (Å²) >= 11 is 0. The van der Waals surface area contributed by atoms with Gasteiger partial charge in [0.05, 0.1) is 6.61 Å². The molecule has 1 N–H and O–H groups in total. The van der Waals surface area contributed by atoms with Gasteiger partial charge in [0.25, 0.3) is 0 Å². The van der Waals surface area contributed by atoms with Crippen LogP contribution in [-0.4, -0.2) is 51.3 Å². The van der Waals surface area contributed by atoms with Crippen LogP contribution in [0.2, 0.25) is 0 Å². The fourth-order valence-electron chi connectivity index (χ4n) is 2.25. The molecule has 2 unspecified atom stereocenters. The highest BCUT2D eigenvalue weighted by Gasteiger charge is 2.26. The van der Waals surface area contributed by atoms with Gasteiger partial charge in [0, 0.05) is 26.2 Å². The summed E-state index contributed by atoms with van der Waals surface area (Å²) in [7, 11) is 3.80. The predicted octanol–water partition coefficient (Wildman–Crippen LogP) is 0.953. The van der Waals surface area contributed by atoms with Crippen LogP contribution in [0.25, 0.3) is 0 Å². The zero-order valence-corrected chi connectivity index (χ0v) is 9.75. The van der Waals surface area contributed by atoms with Crippen LogP contribution < -0.4 is 5.32 Å². The van der Waals surface area contributed by atoms with Crippen molar-refractivity contribution in [1.29, 1.82) is 0 Å². The maximum Gasteiger partial charge on any atom is 0.0630 e. The summed E-state index contributed by atoms with van der Waals surface area (Å²) in [6.45, 7) is 6.67. The van der Waals surface area contributed by atoms with E-state index in [1.165, 1.54) is 25.9 Å². The van der Waals surface area contributed by atoms with Crippen molar-refractivity contribution >= 4 is 0 Å². The molecule has 1 saturated heterocycles. The molecule has 3 heteroatoms. The van der Waals surface area contributed by atoms with E-state index in [0.29, 0.717) is 6.04 Å². The molecule has 2 atom stereocenters. The van der Waals surface area contributed by atoms with Crippen LogP contribution in [0.4, 0.5) is 0 Å². The number of likely N-dealkylation sites (tertiary alicyclic amines) is 1. The average Bonchev–Trinajstić information content (AvgIpc) is 2.65. The second kappa shape index (κ2) is 6.38. The van der Waals surface area contributed by atoms with Crippen molar-refractivity contribution in [2.24, 2.45) is 5.92 Å². The Bertz CT molecular complexity index is 146. The highest BCUT2D eigenvalue weighted by atomic mass is 16.5. The van der Waals surface area contributed by atoms with Crippen LogP contribution in [0.15, 0.2) is 0 Å². The Balaban J connectivity index is 2.36. The molecule has 0 bridgehead atoms. The average molecular weight is 200 g/mol. The molecule has 1 aliphatic heterocycles. The van der Waals surface area contributed by atoms with Crippen LogP contribution in [-0.2, 0) is 4.74 Å². The zero-order valence-electron chi connectivity index (χ0n) is 9.75. The Morgan fingerprint density at radius 3 is 2.86 bits per heavy atom. The van der Waals surface area contributed by atoms with Crippen LogP contribution in [0.5, 0.6) is 0 Å². The van der Waals surface area contributed by atoms with Gasteiger partial charge in [-0.05, 0) is 25.9 Å². The largest absolute Gasteiger partial charge is 0.383 e. The first-order chi connectivity index (χ1) is 6.81. The fraction of sp³-hybridized carbons (Fsp3) is 1.00. The monoisotopic (exact) mass is 200 g/mol. The van der Waals surface area contributed by atoms with Crippen molar-refractivity contribution in [2.75, 3.05) is 40.4 Å². The fourth-order valence-corrected chi connectivity index (χ4v) is 2.25. The molecule has 0 aromatic rings. The number of methoxy groups -OCH3 is 1. The molecule has 0 aromatic heterocycles. The van der Waals surface area contributed by atoms with Gasteiger partial charge in [0.15, 0.2) is 0 Å². The van der Waals surface area contributed by atoms with E-state index in [9.17, 15) is 0 Å². The molecule has 0 spiro atoms. The van der Waals surface area contributed by atoms with Crippen molar-refractivity contribution in [3.63, 3.8) is 0 Å². The summed E-state index contributed by atoms with van der Waals surface area (Å²) in [6.07, 6.45) is 2.68. The highest BCUT2D eigenvalue weighted by molar-refractivity contribution is 4.81. The molecule has 0 saturated carbocycles. The van der Waals surface area contributed by atoms with Gasteiger partial charge in [-0.25, -0.2) is 0 Å². The summed E-state index contributed by atoms with van der Waals surface area (Å²) < 4.78 is 5.26. The standard InChI is InChI=1S/C11H24N2O/c1-4-10-5-6-13(8-10)11(7-12-2)9-14-3/h10-12H,4-9H2,1-3H3. The molecule has 1 rings (SSSR count). The second-order valence-electron chi connectivity index (χ2n) is 4.22. The predicted molar refractivity (Wildman–Crippen MR) is 59.6 cm³/mol. The maximum atomic E-state index is 5.26. The van der Waals surface area contributed by atoms with Gasteiger partial charge in [-0.15, -0.1) is 0 Å². The molecule has 3 nitrogen and oxygen atoms in total. The van der Waals surface area contributed by atoms with E-state index >= 15 is 0 Å². The highest BCUT2D eigenvalue weighted by Crippen LogP contribution is 2.20. The number of hydrogen-bond donors (Lipinski definition) is 1. The van der Waals surface area contributed by atoms with Gasteiger partial charge >= 0.3 is 0 Å². The Morgan fingerprint density at radius 2 is 2.36 bits per heavy atom. The van der Waals surface area contributed by atoms with Gasteiger partial charge < -0.3 is 10.1 Å². The lowest BCUT2D eigenvalue weighted by Gasteiger charge is -2.27. The number of nitrogens with zero attached hydrogens (tertiary/aromatic N) is 1. The molecular weight excluding hydrogens is 176 g/mol. The van der Waals surface area contributed by atoms with Gasteiger partial charge in [0.1, 0.15) is 0 Å². The van der Waals surface area contributed by atoms with Crippen molar-refractivity contribution < 1.29 is 4.74 Å². The third-order valence-electron chi connectivity index (χ3n) is 3.21. The molecular formula is C11H24N2O. The van der Waals surface area contributed by atoms with Crippen molar-refractivity contribution in [3.8, 4) is 0 Å². The number of likely N-dealkylation sites (N-methyl/N-ethyl adjacent to an activating group) is 1. The van der Waals surface area contributed by atoms with E-state index in [1.807, 2.05) is 7.05 Å². The molecule has 14 heavy (non-hydrogen) atoms. The number of hydrogen-bond acceptors (Lipinski definition) is 3. The minimum absolute atomic E-state index is 0.557. The van der Waals surface area contributed by atoms with E-state index in [-0.39, 0.29) is 0 Å². The summed E-state index contributed by atoms with van der Waals surface area (Å²) in [4.78, 5) is 2.56. The molecule has 84 valence electrons. The lowest BCUT2D eigenvalue weighted by Crippen LogP contribution is -2.43. The lowest BCUT2D eigenvalue weighted by atomic mass is 10.1. The third kappa shape index (κ3) is 3.23. The van der Waals surface area contributed by atoms with E-state index in [2.05, 4.69) is 17.1 Å². The molecule has 1 heterocycles. The number of ether oxygens (including phenoxy) is 1. The van der Waals surface area contributed by atoms with Crippen molar-refractivity contribution in [2.45, 2.75) is 25.8 Å². The molecule has 1 fully saturated rings. The first-order valence-corrected chi connectivity index (χ1v) is 5.69. The Labute approximate surface area is 87.8 Å². The van der Waals surface area contributed by atoms with Crippen LogP contribution in [0, 0.1) is 5.92 Å². The summed E-state index contributed by atoms with van der Waals surface area (Å²) in [5, 5.41) is 3.24. The smallest absolute Gasteiger partial charge is 0.0630 e. The van der Waals surface area contributed by atoms with Crippen LogP contribution >= 0.6 is 0 Å². The second-order valence-corrected chi connectivity index (χ2v) is 4.22. The summed E-state index contributed by atoms with van der Waals surface area (Å²) in [5.74, 6) is 0.909. The van der Waals surface area contributed by atoms with Crippen molar-refractivity contribution in [3.05, 3.63) is 0 Å². The molecule has 0 radical (unpaired) electrons. The summed E-state index contributed by atoms with van der Waals surface area (Å²) in [5.41, 5.74) is 0. The maximum absolute atomic E-state index is 5.26. The van der Waals surface area contributed by atoms with Crippen LogP contribution in [0.3, 0.4) is 0 Å². The number of nitrogens with one attached hydrogen (secondary N) is 1. The number of rotatable bonds is 6. The van der Waals surface area contributed by atoms with Gasteiger partial charge in [-0.1, -0.05) is 13.3 Å². The minimum atomic E-state index is 0.557. The van der Waals surface area contributed by atoms with E-state index in [1.54, 1.807) is 7.11 Å². The molecule has 0 aromatic carbocycles. The van der Waals surface area contributed by atoms with Crippen molar-refractivity contribution in [1.82, 2.24) is 10.2 Å². The van der Waals surface area contributed by atoms with E-state index in [0.717, 1.165) is 19.1 Å². The summed E-state index contributed by atoms with van der Waals surface area (Å²) in [6, 6.07) is 0.557. The zero-order chi connectivity index (χ0) is 10.4. The van der Waals surface area contributed by atoms with Gasteiger partial charge in [0.2, 0.25) is 0 Å². The topological polar surface area (TPSA) is 24.5 Å². The first-order valence-electron chi connectivity index (χ1n) is 5.69. The minimum Gasteiger partial charge on any atom is -0.383 e. The quantitative estimate of drug-likeness (QED) is 0.691. The lowest BCUT2D eigenvalue weighted by molar-refractivity contribution is 0.103. The van der Waals surface area contributed by atoms with E-state index in [4.69, 9.17) is 4.74 Å². The Kier molecular flexibility index (Phi) is 5.45. The van der Waals surface area contributed by atoms with Crippen LogP contribution in [0.1, 0.15) is 19.8 Å². The van der Waals surface area contributed by atoms with Gasteiger partial charge in [-0.3, -0.25) is 4.90 Å². The van der Waals surface area contributed by atoms with Gasteiger partial charge in [-0.2, -0.15) is 0 Å². The Morgan fingerprint density at radius 1 is 1.57 bits per heavy atom. The Hall–Kier alpha value is -0.120. The first kappa shape index (κ1) is 12.0. The normalized spacial score (nSPS) is 25.5.